The minimum atomic E-state index is 0.701. The van der Waals surface area contributed by atoms with E-state index in [1.807, 2.05) is 0 Å². The van der Waals surface area contributed by atoms with Crippen LogP contribution in [0, 0.1) is 0 Å². The average molecular weight is 133 g/mol. The first-order chi connectivity index (χ1) is 3.31. The van der Waals surface area contributed by atoms with Gasteiger partial charge in [-0.15, -0.1) is 6.58 Å². The van der Waals surface area contributed by atoms with Crippen LogP contribution >= 0.6 is 25.0 Å². The van der Waals surface area contributed by atoms with E-state index in [-0.39, 0.29) is 0 Å². The summed E-state index contributed by atoms with van der Waals surface area (Å²) in [4.78, 5) is 0. The molecule has 0 rings (SSSR count). The third kappa shape index (κ3) is 3.82. The number of rotatable bonds is 3. The van der Waals surface area contributed by atoms with E-state index in [1.54, 1.807) is 10.4 Å². The van der Waals surface area contributed by atoms with Crippen molar-refractivity contribution in [2.75, 3.05) is 6.54 Å². The maximum Gasteiger partial charge on any atom is 0.0741 e. The standard InChI is InChI=1S/C4H7NS2/c1-2-3-5(7)4-6/h2,4,7H,1,3H2. The van der Waals surface area contributed by atoms with E-state index >= 15 is 0 Å². The highest BCUT2D eigenvalue weighted by Gasteiger charge is 1.80. The fourth-order valence-corrected chi connectivity index (χ4v) is 0.377. The lowest BCUT2D eigenvalue weighted by Gasteiger charge is -2.03. The summed E-state index contributed by atoms with van der Waals surface area (Å²) in [6, 6.07) is 0. The lowest BCUT2D eigenvalue weighted by molar-refractivity contribution is 0.806. The Morgan fingerprint density at radius 1 is 1.86 bits per heavy atom. The molecule has 0 radical (unpaired) electrons. The Bertz CT molecular complexity index is 72.1. The molecule has 0 unspecified atom stereocenters. The van der Waals surface area contributed by atoms with Gasteiger partial charge < -0.3 is 4.31 Å². The minimum absolute atomic E-state index is 0.701. The molecular formula is C4H7NS2. The van der Waals surface area contributed by atoms with Crippen molar-refractivity contribution in [3.8, 4) is 0 Å². The first kappa shape index (κ1) is 6.98. The van der Waals surface area contributed by atoms with E-state index in [0.717, 1.165) is 0 Å². The van der Waals surface area contributed by atoms with Crippen LogP contribution in [-0.2, 0) is 0 Å². The molecule has 0 N–H and O–H groups in total. The first-order valence-corrected chi connectivity index (χ1v) is 2.70. The van der Waals surface area contributed by atoms with Gasteiger partial charge in [0.05, 0.1) is 5.49 Å². The number of hydrogen-bond acceptors (Lipinski definition) is 2. The summed E-state index contributed by atoms with van der Waals surface area (Å²) in [6.45, 7) is 4.19. The molecule has 0 atom stereocenters. The lowest BCUT2D eigenvalue weighted by atomic mass is 10.6. The zero-order valence-electron chi connectivity index (χ0n) is 3.87. The minimum Gasteiger partial charge on any atom is -0.312 e. The summed E-state index contributed by atoms with van der Waals surface area (Å²) in [5.74, 6) is 0. The molecule has 1 nitrogen and oxygen atoms in total. The van der Waals surface area contributed by atoms with Crippen LogP contribution in [0.5, 0.6) is 0 Å². The summed E-state index contributed by atoms with van der Waals surface area (Å²) in [6.07, 6.45) is 1.73. The summed E-state index contributed by atoms with van der Waals surface area (Å²) < 4.78 is 1.57. The van der Waals surface area contributed by atoms with Crippen molar-refractivity contribution >= 4 is 30.5 Å². The van der Waals surface area contributed by atoms with Gasteiger partial charge in [-0.25, -0.2) is 0 Å². The molecule has 0 spiro atoms. The Morgan fingerprint density at radius 3 is 2.57 bits per heavy atom. The zero-order chi connectivity index (χ0) is 5.70. The monoisotopic (exact) mass is 133 g/mol. The van der Waals surface area contributed by atoms with Crippen molar-refractivity contribution in [1.82, 2.24) is 4.31 Å². The number of nitrogens with zero attached hydrogens (tertiary/aromatic N) is 1. The molecule has 0 amide bonds. The van der Waals surface area contributed by atoms with Crippen molar-refractivity contribution in [3.63, 3.8) is 0 Å². The van der Waals surface area contributed by atoms with E-state index in [2.05, 4.69) is 31.6 Å². The van der Waals surface area contributed by atoms with Crippen molar-refractivity contribution in [1.29, 1.82) is 0 Å². The molecule has 0 aliphatic heterocycles. The topological polar surface area (TPSA) is 3.24 Å². The molecule has 0 heterocycles. The number of hydrogen-bond donors (Lipinski definition) is 1. The van der Waals surface area contributed by atoms with Crippen LogP contribution < -0.4 is 0 Å². The molecule has 0 aromatic heterocycles. The summed E-state index contributed by atoms with van der Waals surface area (Å²) in [5.41, 5.74) is 1.46. The first-order valence-electron chi connectivity index (χ1n) is 1.83. The highest BCUT2D eigenvalue weighted by atomic mass is 32.1. The van der Waals surface area contributed by atoms with Gasteiger partial charge in [-0.2, -0.15) is 0 Å². The number of thiocarbonyl (C=S) groups is 1. The molecule has 40 valence electrons. The molecule has 0 aliphatic rings. The molecule has 0 saturated heterocycles. The Morgan fingerprint density at radius 2 is 2.43 bits per heavy atom. The van der Waals surface area contributed by atoms with E-state index in [4.69, 9.17) is 0 Å². The molecule has 0 fully saturated rings. The van der Waals surface area contributed by atoms with Crippen LogP contribution in [0.4, 0.5) is 0 Å². The van der Waals surface area contributed by atoms with Gasteiger partial charge in [-0.3, -0.25) is 0 Å². The summed E-state index contributed by atoms with van der Waals surface area (Å²) in [7, 11) is 0. The fraction of sp³-hybridized carbons (Fsp3) is 0.250. The Kier molecular flexibility index (Phi) is 4.14. The van der Waals surface area contributed by atoms with Gasteiger partial charge in [-0.1, -0.05) is 31.1 Å². The summed E-state index contributed by atoms with van der Waals surface area (Å²) in [5, 5.41) is 0. The largest absolute Gasteiger partial charge is 0.312 e. The highest BCUT2D eigenvalue weighted by molar-refractivity contribution is 7.83. The van der Waals surface area contributed by atoms with Crippen molar-refractivity contribution in [2.24, 2.45) is 0 Å². The van der Waals surface area contributed by atoms with Gasteiger partial charge >= 0.3 is 0 Å². The van der Waals surface area contributed by atoms with Crippen molar-refractivity contribution < 1.29 is 0 Å². The average Bonchev–Trinajstić information content (AvgIpc) is 1.68. The van der Waals surface area contributed by atoms with Crippen molar-refractivity contribution in [3.05, 3.63) is 12.7 Å². The molecule has 7 heavy (non-hydrogen) atoms. The third-order valence-corrected chi connectivity index (χ3v) is 1.13. The van der Waals surface area contributed by atoms with Crippen LogP contribution in [0.1, 0.15) is 0 Å². The molecule has 3 heteroatoms. The normalized spacial score (nSPS) is 7.57. The summed E-state index contributed by atoms with van der Waals surface area (Å²) >= 11 is 8.43. The second-order valence-electron chi connectivity index (χ2n) is 1.02. The van der Waals surface area contributed by atoms with E-state index in [9.17, 15) is 0 Å². The maximum atomic E-state index is 4.52. The van der Waals surface area contributed by atoms with Gasteiger partial charge in [-0.05, 0) is 0 Å². The zero-order valence-corrected chi connectivity index (χ0v) is 5.58. The second kappa shape index (κ2) is 4.15. The van der Waals surface area contributed by atoms with Gasteiger partial charge in [0.1, 0.15) is 0 Å². The molecular weight excluding hydrogens is 126 g/mol. The van der Waals surface area contributed by atoms with Gasteiger partial charge in [0.25, 0.3) is 0 Å². The van der Waals surface area contributed by atoms with E-state index < -0.39 is 0 Å². The van der Waals surface area contributed by atoms with Gasteiger partial charge in [0.15, 0.2) is 0 Å². The third-order valence-electron chi connectivity index (χ3n) is 0.438. The Labute approximate surface area is 54.6 Å². The van der Waals surface area contributed by atoms with Crippen LogP contribution in [0.25, 0.3) is 0 Å². The highest BCUT2D eigenvalue weighted by Crippen LogP contribution is 1.85. The smallest absolute Gasteiger partial charge is 0.0741 e. The van der Waals surface area contributed by atoms with Crippen LogP contribution in [0.3, 0.4) is 0 Å². The molecule has 0 aromatic carbocycles. The predicted octanol–water partition coefficient (Wildman–Crippen LogP) is 1.28. The maximum absolute atomic E-state index is 4.52. The molecule has 0 bridgehead atoms. The van der Waals surface area contributed by atoms with Gasteiger partial charge in [0, 0.05) is 6.54 Å². The van der Waals surface area contributed by atoms with E-state index in [1.165, 1.54) is 5.49 Å². The molecule has 0 saturated carbocycles. The van der Waals surface area contributed by atoms with Gasteiger partial charge in [0.2, 0.25) is 0 Å². The molecule has 0 aliphatic carbocycles. The number of thiol groups is 1. The Hall–Kier alpha value is -0.0200. The predicted molar refractivity (Wildman–Crippen MR) is 39.5 cm³/mol. The van der Waals surface area contributed by atoms with Crippen LogP contribution in [0.15, 0.2) is 12.7 Å². The van der Waals surface area contributed by atoms with E-state index in [0.29, 0.717) is 6.54 Å². The van der Waals surface area contributed by atoms with Crippen LogP contribution in [0.2, 0.25) is 0 Å². The Balaban J connectivity index is 3.15. The van der Waals surface area contributed by atoms with Crippen LogP contribution in [-0.4, -0.2) is 16.3 Å². The quantitative estimate of drug-likeness (QED) is 0.351. The SMILES string of the molecule is C=CCN(S)C=S. The second-order valence-corrected chi connectivity index (χ2v) is 1.74. The molecule has 0 aromatic rings. The fourth-order valence-electron chi connectivity index (χ4n) is 0.175. The van der Waals surface area contributed by atoms with Crippen molar-refractivity contribution in [2.45, 2.75) is 0 Å². The lowest BCUT2D eigenvalue weighted by Crippen LogP contribution is -2.06.